The van der Waals surface area contributed by atoms with Crippen molar-refractivity contribution in [2.75, 3.05) is 5.32 Å². The van der Waals surface area contributed by atoms with Crippen molar-refractivity contribution in [2.24, 2.45) is 7.05 Å². The summed E-state index contributed by atoms with van der Waals surface area (Å²) >= 11 is 0. The van der Waals surface area contributed by atoms with Gasteiger partial charge in [0.15, 0.2) is 0 Å². The number of rotatable bonds is 10. The summed E-state index contributed by atoms with van der Waals surface area (Å²) in [6.45, 7) is 15.3. The Morgan fingerprint density at radius 1 is 1.12 bits per heavy atom. The lowest BCUT2D eigenvalue weighted by Crippen LogP contribution is -2.07. The van der Waals surface area contributed by atoms with Crippen LogP contribution in [0.3, 0.4) is 0 Å². The Hall–Kier alpha value is -3.55. The Morgan fingerprint density at radius 2 is 1.82 bits per heavy atom. The third kappa shape index (κ3) is 7.82. The Morgan fingerprint density at radius 3 is 2.39 bits per heavy atom. The molecule has 0 aliphatic heterocycles. The first-order valence-electron chi connectivity index (χ1n) is 11.3. The molecule has 0 aliphatic rings. The molecule has 2 rings (SSSR count). The van der Waals surface area contributed by atoms with Gasteiger partial charge in [0.25, 0.3) is 0 Å². The van der Waals surface area contributed by atoms with Gasteiger partial charge >= 0.3 is 0 Å². The molecule has 33 heavy (non-hydrogen) atoms. The van der Waals surface area contributed by atoms with Crippen LogP contribution in [0.1, 0.15) is 56.1 Å². The van der Waals surface area contributed by atoms with Gasteiger partial charge in [0.2, 0.25) is 0 Å². The van der Waals surface area contributed by atoms with Gasteiger partial charge in [0.05, 0.1) is 5.69 Å². The highest BCUT2D eigenvalue weighted by molar-refractivity contribution is 5.77. The van der Waals surface area contributed by atoms with Gasteiger partial charge < -0.3 is 14.7 Å². The number of hydrogen-bond acceptors (Lipinski definition) is 2. The molecule has 0 amide bonds. The first kappa shape index (κ1) is 27.5. The molecule has 3 nitrogen and oxygen atoms in total. The predicted octanol–water partition coefficient (Wildman–Crippen LogP) is 7.55. The molecule has 174 valence electrons. The molecule has 1 aromatic carbocycles. The topological polar surface area (TPSA) is 34.0 Å². The largest absolute Gasteiger partial charge is 0.381 e. The maximum atomic E-state index is 8.00. The zero-order chi connectivity index (χ0) is 24.6. The van der Waals surface area contributed by atoms with Crippen molar-refractivity contribution in [3.8, 4) is 0 Å². The maximum Gasteiger partial charge on any atom is 0.106 e. The summed E-state index contributed by atoms with van der Waals surface area (Å²) in [5.41, 5.74) is 10.8. The zero-order valence-electron chi connectivity index (χ0n) is 20.8. The fraction of sp³-hybridized carbons (Fsp3) is 0.267. The molecule has 0 saturated heterocycles. The Balaban J connectivity index is 0.00000265. The third-order valence-electron chi connectivity index (χ3n) is 5.18. The fourth-order valence-electron chi connectivity index (χ4n) is 3.96. The van der Waals surface area contributed by atoms with Gasteiger partial charge in [-0.15, -0.1) is 5.73 Å². The molecule has 2 aromatic rings. The summed E-state index contributed by atoms with van der Waals surface area (Å²) in [7, 11) is 2.18. The minimum atomic E-state index is 0.403. The minimum Gasteiger partial charge on any atom is -0.381 e. The third-order valence-corrected chi connectivity index (χ3v) is 5.18. The van der Waals surface area contributed by atoms with Crippen LogP contribution >= 0.6 is 0 Å². The average Bonchev–Trinajstić information content (AvgIpc) is 3.11. The lowest BCUT2D eigenvalue weighted by atomic mass is 9.97. The van der Waals surface area contributed by atoms with Gasteiger partial charge in [-0.05, 0) is 61.6 Å². The second-order valence-electron chi connectivity index (χ2n) is 7.74. The van der Waals surface area contributed by atoms with Crippen LogP contribution in [0.2, 0.25) is 0 Å². The van der Waals surface area contributed by atoms with Crippen molar-refractivity contribution in [1.29, 1.82) is 0 Å². The molecular weight excluding hydrogens is 404 g/mol. The first-order chi connectivity index (χ1) is 16.0. The number of hydrogen-bond donors (Lipinski definition) is 1. The highest BCUT2D eigenvalue weighted by Crippen LogP contribution is 2.34. The molecule has 0 atom stereocenters. The van der Waals surface area contributed by atoms with Crippen LogP contribution in [0.15, 0.2) is 91.3 Å². The Bertz CT molecular complexity index is 1030. The van der Waals surface area contributed by atoms with Gasteiger partial charge in [0, 0.05) is 30.5 Å². The molecule has 1 N–H and O–H groups in total. The van der Waals surface area contributed by atoms with E-state index < -0.39 is 0 Å². The second-order valence-corrected chi connectivity index (χ2v) is 7.74. The molecule has 0 unspecified atom stereocenters. The number of nitrogens with zero attached hydrogens (tertiary/aromatic N) is 1. The van der Waals surface area contributed by atoms with E-state index in [2.05, 4.69) is 104 Å². The second kappa shape index (κ2) is 15.3. The molecule has 1 aromatic heterocycles. The molecule has 0 spiro atoms. The van der Waals surface area contributed by atoms with Crippen molar-refractivity contribution in [3.05, 3.63) is 114 Å². The van der Waals surface area contributed by atoms with E-state index in [1.807, 2.05) is 38.9 Å². The van der Waals surface area contributed by atoms with Crippen molar-refractivity contribution in [3.63, 3.8) is 0 Å². The number of nitrogens with one attached hydrogen (secondary N) is 1. The number of carbonyl (C=O) groups excluding carboxylic acids is 1. The van der Waals surface area contributed by atoms with Crippen LogP contribution in [0.25, 0.3) is 5.57 Å². The molecular formula is C30H38N2O. The number of anilines is 1. The minimum absolute atomic E-state index is 0.403. The Labute approximate surface area is 200 Å². The normalized spacial score (nSPS) is 11.3. The van der Waals surface area contributed by atoms with Gasteiger partial charge in [-0.25, -0.2) is 0 Å². The number of benzene rings is 1. The van der Waals surface area contributed by atoms with E-state index in [4.69, 9.17) is 4.79 Å². The van der Waals surface area contributed by atoms with Crippen LogP contribution in [0, 0.1) is 0 Å². The molecule has 1 heterocycles. The molecule has 0 fully saturated rings. The first-order valence-corrected chi connectivity index (χ1v) is 11.3. The van der Waals surface area contributed by atoms with E-state index in [1.54, 1.807) is 0 Å². The fourth-order valence-corrected chi connectivity index (χ4v) is 3.96. The van der Waals surface area contributed by atoms with Crippen molar-refractivity contribution in [2.45, 2.75) is 46.6 Å². The Kier molecular flexibility index (Phi) is 12.7. The van der Waals surface area contributed by atoms with Crippen molar-refractivity contribution < 1.29 is 4.79 Å². The average molecular weight is 443 g/mol. The monoisotopic (exact) mass is 442 g/mol. The van der Waals surface area contributed by atoms with Gasteiger partial charge in [-0.3, -0.25) is 0 Å². The van der Waals surface area contributed by atoms with E-state index in [9.17, 15) is 0 Å². The van der Waals surface area contributed by atoms with Crippen LogP contribution < -0.4 is 5.32 Å². The van der Waals surface area contributed by atoms with Crippen LogP contribution in [-0.4, -0.2) is 11.4 Å². The van der Waals surface area contributed by atoms with Crippen LogP contribution in [0.4, 0.5) is 5.69 Å². The summed E-state index contributed by atoms with van der Waals surface area (Å²) in [6, 6.07) is 10.4. The predicted molar refractivity (Wildman–Crippen MR) is 145 cm³/mol. The lowest BCUT2D eigenvalue weighted by molar-refractivity contribution is -0.0979. The molecule has 0 aliphatic carbocycles. The standard InChI is InChI=1S/C29H36N2.CH2O/c1-7-10-12-16-21-26-27(22-30-25-19-14-13-15-20-25)28(23(4)5)31(6)29(26)24(17-9-3)18-11-8-2;1-2/h7-10,12-20,23,30H,3,21-22H2,1-2,4-6H3;1H2/b10-7-,16-12-,24-17+;. The summed E-state index contributed by atoms with van der Waals surface area (Å²) in [5, 5.41) is 3.63. The van der Waals surface area contributed by atoms with Crippen molar-refractivity contribution in [1.82, 2.24) is 4.57 Å². The molecule has 0 radical (unpaired) electrons. The number of aromatic nitrogens is 1. The smallest absolute Gasteiger partial charge is 0.106 e. The van der Waals surface area contributed by atoms with E-state index >= 15 is 0 Å². The SMILES string of the molecule is C=C/C=C(\C=C=CC)c1c(C/C=C\C=C/C)c(CNc2ccccc2)c(C(C)C)n1C.C=O. The van der Waals surface area contributed by atoms with E-state index in [0.717, 1.165) is 24.2 Å². The summed E-state index contributed by atoms with van der Waals surface area (Å²) < 4.78 is 2.36. The van der Waals surface area contributed by atoms with Crippen LogP contribution in [-0.2, 0) is 24.8 Å². The van der Waals surface area contributed by atoms with E-state index in [0.29, 0.717) is 5.92 Å². The maximum absolute atomic E-state index is 8.00. The highest BCUT2D eigenvalue weighted by atomic mass is 16.1. The quantitative estimate of drug-likeness (QED) is 0.304. The molecule has 0 bridgehead atoms. The summed E-state index contributed by atoms with van der Waals surface area (Å²) in [4.78, 5) is 8.00. The number of para-hydroxylation sites is 1. The van der Waals surface area contributed by atoms with E-state index in [1.165, 1.54) is 22.5 Å². The van der Waals surface area contributed by atoms with Crippen molar-refractivity contribution >= 4 is 18.0 Å². The number of allylic oxidation sites excluding steroid dienone is 8. The summed E-state index contributed by atoms with van der Waals surface area (Å²) in [6.07, 6.45) is 17.3. The van der Waals surface area contributed by atoms with Gasteiger partial charge in [-0.1, -0.05) is 75.1 Å². The molecule has 3 heteroatoms. The lowest BCUT2D eigenvalue weighted by Gasteiger charge is -2.14. The van der Waals surface area contributed by atoms with Crippen LogP contribution in [0.5, 0.6) is 0 Å². The number of carbonyl (C=O) groups is 1. The van der Waals surface area contributed by atoms with E-state index in [-0.39, 0.29) is 0 Å². The summed E-state index contributed by atoms with van der Waals surface area (Å²) in [5.74, 6) is 0.403. The van der Waals surface area contributed by atoms with Gasteiger partial charge in [-0.2, -0.15) is 0 Å². The highest BCUT2D eigenvalue weighted by Gasteiger charge is 2.23. The molecule has 0 saturated carbocycles. The van der Waals surface area contributed by atoms with Gasteiger partial charge in [0.1, 0.15) is 6.79 Å². The zero-order valence-corrected chi connectivity index (χ0v) is 20.8.